The molecule has 0 spiro atoms. The Bertz CT molecular complexity index is 380. The fourth-order valence-electron chi connectivity index (χ4n) is 1.29. The van der Waals surface area contributed by atoms with Crippen molar-refractivity contribution in [1.29, 1.82) is 0 Å². The second kappa shape index (κ2) is 5.16. The molecule has 0 bridgehead atoms. The molecule has 0 aliphatic rings. The van der Waals surface area contributed by atoms with Gasteiger partial charge in [0.15, 0.2) is 0 Å². The summed E-state index contributed by atoms with van der Waals surface area (Å²) >= 11 is 0. The first-order chi connectivity index (χ1) is 7.78. The number of esters is 1. The Labute approximate surface area is 100 Å². The summed E-state index contributed by atoms with van der Waals surface area (Å²) < 4.78 is 5.36. The van der Waals surface area contributed by atoms with E-state index in [0.29, 0.717) is 16.6 Å². The van der Waals surface area contributed by atoms with Crippen LogP contribution in [0.25, 0.3) is 0 Å². The smallest absolute Gasteiger partial charge is 0.340 e. The molecule has 1 aromatic carbocycles. The van der Waals surface area contributed by atoms with E-state index in [1.165, 1.54) is 24.3 Å². The quantitative estimate of drug-likeness (QED) is 0.459. The molecule has 17 heavy (non-hydrogen) atoms. The number of aromatic hydroxyl groups is 1. The van der Waals surface area contributed by atoms with E-state index in [-0.39, 0.29) is 5.75 Å². The largest absolute Gasteiger partial charge is 0.508 e. The molecule has 0 amide bonds. The monoisotopic (exact) mass is 240 g/mol. The zero-order valence-electron chi connectivity index (χ0n) is 10.3. The number of rotatable bonds is 4. The summed E-state index contributed by atoms with van der Waals surface area (Å²) in [4.78, 5) is 11.6. The van der Waals surface area contributed by atoms with Crippen LogP contribution in [0, 0.1) is 0 Å². The molecular weight excluding hydrogens is 222 g/mol. The predicted molar refractivity (Wildman–Crippen MR) is 62.4 cm³/mol. The number of quaternary nitrogens is 1. The highest BCUT2D eigenvalue weighted by molar-refractivity contribution is 5.89. The number of carbonyl (C=O) groups excluding carboxylic acids is 1. The third-order valence-corrected chi connectivity index (χ3v) is 2.05. The van der Waals surface area contributed by atoms with Crippen LogP contribution in [0.15, 0.2) is 24.3 Å². The maximum atomic E-state index is 11.6. The van der Waals surface area contributed by atoms with Crippen molar-refractivity contribution in [2.75, 3.05) is 27.7 Å². The molecule has 1 rings (SSSR count). The van der Waals surface area contributed by atoms with Gasteiger partial charge < -0.3 is 19.4 Å². The maximum absolute atomic E-state index is 11.6. The molecule has 5 nitrogen and oxygen atoms in total. The number of benzene rings is 1. The molecule has 1 aromatic rings. The van der Waals surface area contributed by atoms with Gasteiger partial charge in [-0.3, -0.25) is 0 Å². The first-order valence-electron chi connectivity index (χ1n) is 5.26. The summed E-state index contributed by atoms with van der Waals surface area (Å²) in [7, 11) is 5.66. The molecule has 94 valence electrons. The van der Waals surface area contributed by atoms with E-state index in [1.807, 2.05) is 21.1 Å². The van der Waals surface area contributed by atoms with Gasteiger partial charge in [0.05, 0.1) is 26.7 Å². The van der Waals surface area contributed by atoms with Crippen LogP contribution in [0.1, 0.15) is 10.4 Å². The van der Waals surface area contributed by atoms with E-state index in [9.17, 15) is 9.90 Å². The van der Waals surface area contributed by atoms with Crippen molar-refractivity contribution >= 4 is 5.97 Å². The van der Waals surface area contributed by atoms with Gasteiger partial charge in [0.1, 0.15) is 12.3 Å². The Morgan fingerprint density at radius 1 is 1.29 bits per heavy atom. The van der Waals surface area contributed by atoms with Crippen LogP contribution in [0.5, 0.6) is 5.75 Å². The lowest BCUT2D eigenvalue weighted by Gasteiger charge is -2.26. The Balaban J connectivity index is 2.57. The number of nitrogens with zero attached hydrogens (tertiary/aromatic N) is 1. The van der Waals surface area contributed by atoms with Gasteiger partial charge in [-0.25, -0.2) is 4.79 Å². The Hall–Kier alpha value is -1.59. The van der Waals surface area contributed by atoms with Gasteiger partial charge in [-0.15, -0.1) is 0 Å². The van der Waals surface area contributed by atoms with Crippen LogP contribution in [-0.2, 0) is 4.74 Å². The van der Waals surface area contributed by atoms with E-state index in [1.54, 1.807) is 0 Å². The number of phenols is 1. The highest BCUT2D eigenvalue weighted by Gasteiger charge is 2.20. The molecule has 0 fully saturated rings. The summed E-state index contributed by atoms with van der Waals surface area (Å²) in [5.74, 6) is -0.528. The molecule has 0 aliphatic carbocycles. The van der Waals surface area contributed by atoms with Crippen molar-refractivity contribution in [2.45, 2.75) is 6.29 Å². The summed E-state index contributed by atoms with van der Waals surface area (Å²) in [6.45, 7) is 0.309. The Morgan fingerprint density at radius 2 is 1.82 bits per heavy atom. The number of carbonyl (C=O) groups is 1. The van der Waals surface area contributed by atoms with Gasteiger partial charge in [0, 0.05) is 0 Å². The minimum atomic E-state index is -1.14. The van der Waals surface area contributed by atoms with E-state index in [4.69, 9.17) is 9.84 Å². The zero-order valence-corrected chi connectivity index (χ0v) is 10.3. The zero-order chi connectivity index (χ0) is 13.1. The molecule has 0 aliphatic heterocycles. The molecule has 0 saturated carbocycles. The molecule has 0 radical (unpaired) electrons. The molecule has 1 atom stereocenters. The highest BCUT2D eigenvalue weighted by atomic mass is 16.6. The molecule has 5 heteroatoms. The van der Waals surface area contributed by atoms with Crippen LogP contribution >= 0.6 is 0 Å². The highest BCUT2D eigenvalue weighted by Crippen LogP contribution is 2.11. The number of aliphatic hydroxyl groups excluding tert-OH is 1. The van der Waals surface area contributed by atoms with Gasteiger partial charge in [-0.1, -0.05) is 0 Å². The average Bonchev–Trinajstić information content (AvgIpc) is 2.15. The van der Waals surface area contributed by atoms with Crippen LogP contribution in [-0.4, -0.2) is 54.6 Å². The van der Waals surface area contributed by atoms with E-state index in [2.05, 4.69) is 0 Å². The molecule has 1 unspecified atom stereocenters. The lowest BCUT2D eigenvalue weighted by Crippen LogP contribution is -2.43. The predicted octanol–water partition coefficient (Wildman–Crippen LogP) is 0.574. The van der Waals surface area contributed by atoms with Crippen molar-refractivity contribution in [1.82, 2.24) is 0 Å². The lowest BCUT2D eigenvalue weighted by molar-refractivity contribution is -0.876. The van der Waals surface area contributed by atoms with Crippen molar-refractivity contribution in [2.24, 2.45) is 0 Å². The number of likely N-dealkylation sites (N-methyl/N-ethyl adjacent to an activating group) is 1. The van der Waals surface area contributed by atoms with Crippen molar-refractivity contribution in [3.8, 4) is 5.75 Å². The SMILES string of the molecule is C[N+](C)(C)CC(O)OC(=O)c1ccc(O)cc1. The average molecular weight is 240 g/mol. The lowest BCUT2D eigenvalue weighted by atomic mass is 10.2. The summed E-state index contributed by atoms with van der Waals surface area (Å²) in [5, 5.41) is 18.6. The maximum Gasteiger partial charge on any atom is 0.340 e. The van der Waals surface area contributed by atoms with Crippen LogP contribution in [0.4, 0.5) is 0 Å². The second-order valence-electron chi connectivity index (χ2n) is 4.88. The van der Waals surface area contributed by atoms with Crippen molar-refractivity contribution < 1.29 is 24.2 Å². The van der Waals surface area contributed by atoms with E-state index in [0.717, 1.165) is 0 Å². The molecular formula is C12H18NO4+. The topological polar surface area (TPSA) is 66.8 Å². The minimum absolute atomic E-state index is 0.0773. The number of ether oxygens (including phenoxy) is 1. The van der Waals surface area contributed by atoms with Gasteiger partial charge >= 0.3 is 5.97 Å². The normalized spacial score (nSPS) is 13.2. The van der Waals surface area contributed by atoms with Gasteiger partial charge in [0.25, 0.3) is 6.29 Å². The molecule has 0 saturated heterocycles. The molecule has 2 N–H and O–H groups in total. The Morgan fingerprint density at radius 3 is 2.29 bits per heavy atom. The minimum Gasteiger partial charge on any atom is -0.508 e. The summed E-state index contributed by atoms with van der Waals surface area (Å²) in [6, 6.07) is 5.66. The van der Waals surface area contributed by atoms with Gasteiger partial charge in [-0.2, -0.15) is 0 Å². The first-order valence-corrected chi connectivity index (χ1v) is 5.26. The summed E-state index contributed by atoms with van der Waals surface area (Å²) in [6.07, 6.45) is -1.14. The number of aliphatic hydroxyl groups is 1. The van der Waals surface area contributed by atoms with Gasteiger partial charge in [0.2, 0.25) is 0 Å². The number of hydrogen-bond acceptors (Lipinski definition) is 4. The van der Waals surface area contributed by atoms with Crippen LogP contribution in [0.2, 0.25) is 0 Å². The van der Waals surface area contributed by atoms with Crippen LogP contribution in [0.3, 0.4) is 0 Å². The molecule has 0 aromatic heterocycles. The second-order valence-corrected chi connectivity index (χ2v) is 4.88. The standard InChI is InChI=1S/C12H17NO4/c1-13(2,3)8-11(15)17-12(16)9-4-6-10(14)7-5-9/h4-7,11,15H,8H2,1-3H3/p+1. The Kier molecular flexibility index (Phi) is 4.09. The van der Waals surface area contributed by atoms with E-state index >= 15 is 0 Å². The third kappa shape index (κ3) is 4.84. The van der Waals surface area contributed by atoms with Crippen molar-refractivity contribution in [3.05, 3.63) is 29.8 Å². The summed E-state index contributed by atoms with van der Waals surface area (Å²) in [5.41, 5.74) is 0.295. The first kappa shape index (κ1) is 13.5. The third-order valence-electron chi connectivity index (χ3n) is 2.05. The number of hydrogen-bond donors (Lipinski definition) is 2. The van der Waals surface area contributed by atoms with Gasteiger partial charge in [-0.05, 0) is 24.3 Å². The number of phenolic OH excluding ortho intramolecular Hbond substituents is 1. The fraction of sp³-hybridized carbons (Fsp3) is 0.417. The van der Waals surface area contributed by atoms with Crippen LogP contribution < -0.4 is 0 Å². The fourth-order valence-corrected chi connectivity index (χ4v) is 1.29. The van der Waals surface area contributed by atoms with E-state index < -0.39 is 12.3 Å². The molecule has 0 heterocycles. The van der Waals surface area contributed by atoms with Crippen molar-refractivity contribution in [3.63, 3.8) is 0 Å².